The van der Waals surface area contributed by atoms with Crippen LogP contribution in [0, 0.1) is 11.8 Å². The van der Waals surface area contributed by atoms with E-state index >= 15 is 0 Å². The molecule has 1 saturated carbocycles. The van der Waals surface area contributed by atoms with Crippen LogP contribution in [0.4, 0.5) is 5.69 Å². The summed E-state index contributed by atoms with van der Waals surface area (Å²) in [5.41, 5.74) is 12.0. The number of hydrogen-bond acceptors (Lipinski definition) is 7. The monoisotopic (exact) mass is 387 g/mol. The molecular formula is C21H21N7O. The van der Waals surface area contributed by atoms with Gasteiger partial charge in [0.25, 0.3) is 0 Å². The van der Waals surface area contributed by atoms with Crippen molar-refractivity contribution in [2.24, 2.45) is 11.8 Å². The number of aldehydes is 1. The molecular weight excluding hydrogens is 366 g/mol. The second-order valence-electron chi connectivity index (χ2n) is 8.08. The topological polar surface area (TPSA) is 77.8 Å². The van der Waals surface area contributed by atoms with Crippen LogP contribution in [0.15, 0.2) is 49.2 Å². The smallest absolute Gasteiger partial charge is 0.151 e. The van der Waals surface area contributed by atoms with Crippen molar-refractivity contribution < 1.29 is 4.79 Å². The predicted octanol–water partition coefficient (Wildman–Crippen LogP) is 1.82. The minimum atomic E-state index is 0.594. The lowest BCUT2D eigenvalue weighted by molar-refractivity contribution is 0.112. The fourth-order valence-electron chi connectivity index (χ4n) is 4.32. The second kappa shape index (κ2) is 6.31. The van der Waals surface area contributed by atoms with Gasteiger partial charge in [-0.25, -0.2) is 4.98 Å². The Morgan fingerprint density at radius 1 is 1.17 bits per heavy atom. The molecule has 2 aliphatic heterocycles. The Morgan fingerprint density at radius 3 is 2.93 bits per heavy atom. The van der Waals surface area contributed by atoms with E-state index in [2.05, 4.69) is 31.9 Å². The van der Waals surface area contributed by atoms with Gasteiger partial charge in [-0.05, 0) is 36.5 Å². The van der Waals surface area contributed by atoms with Gasteiger partial charge in [-0.3, -0.25) is 14.8 Å². The summed E-state index contributed by atoms with van der Waals surface area (Å²) in [5.74, 6) is 1.79. The van der Waals surface area contributed by atoms with Crippen LogP contribution in [0.1, 0.15) is 28.0 Å². The van der Waals surface area contributed by atoms with E-state index in [4.69, 9.17) is 0 Å². The van der Waals surface area contributed by atoms with Crippen molar-refractivity contribution >= 4 is 23.3 Å². The number of rotatable bonds is 5. The average Bonchev–Trinajstić information content (AvgIpc) is 3.12. The number of imidazole rings is 1. The van der Waals surface area contributed by atoms with Crippen molar-refractivity contribution in [2.75, 3.05) is 18.0 Å². The third-order valence-corrected chi connectivity index (χ3v) is 5.99. The first-order chi connectivity index (χ1) is 14.2. The molecule has 1 aliphatic carbocycles. The zero-order chi connectivity index (χ0) is 19.4. The predicted molar refractivity (Wildman–Crippen MR) is 108 cm³/mol. The molecule has 3 aromatic heterocycles. The van der Waals surface area contributed by atoms with E-state index in [0.29, 0.717) is 12.1 Å². The van der Waals surface area contributed by atoms with E-state index in [1.165, 1.54) is 12.1 Å². The number of fused-ring (bicyclic) bond motifs is 2. The molecule has 2 unspecified atom stereocenters. The van der Waals surface area contributed by atoms with Crippen LogP contribution < -0.4 is 15.9 Å². The molecule has 1 saturated heterocycles. The summed E-state index contributed by atoms with van der Waals surface area (Å²) in [7, 11) is 0. The van der Waals surface area contributed by atoms with E-state index in [1.807, 2.05) is 40.3 Å². The van der Waals surface area contributed by atoms with Gasteiger partial charge >= 0.3 is 0 Å². The van der Waals surface area contributed by atoms with Crippen molar-refractivity contribution in [3.8, 4) is 0 Å². The van der Waals surface area contributed by atoms with E-state index in [-0.39, 0.29) is 0 Å². The fraction of sp³-hybridized carbons (Fsp3) is 0.286. The normalized spacial score (nSPS) is 22.6. The van der Waals surface area contributed by atoms with Crippen LogP contribution in [0.3, 0.4) is 0 Å². The number of anilines is 1. The van der Waals surface area contributed by atoms with Gasteiger partial charge < -0.3 is 14.7 Å². The molecule has 29 heavy (non-hydrogen) atoms. The Morgan fingerprint density at radius 2 is 2.07 bits per heavy atom. The van der Waals surface area contributed by atoms with Gasteiger partial charge in [0, 0.05) is 49.0 Å². The minimum absolute atomic E-state index is 0.594. The van der Waals surface area contributed by atoms with Crippen LogP contribution in [0.25, 0.3) is 11.3 Å². The molecule has 0 amide bonds. The molecule has 146 valence electrons. The maximum absolute atomic E-state index is 11.0. The standard InChI is InChI=1S/C21H21N7O/c29-13-14-1-2-21-23-18(10-27(21)7-14)11-28-12-20(24-25-28)15-4-19(6-22-5-15)26-8-16-3-17(16)9-26/h1-2,4-7,10,12-13,16-17,24-25H,3,8-9,11H2. The highest BCUT2D eigenvalue weighted by atomic mass is 16.1. The first-order valence-electron chi connectivity index (χ1n) is 9.88. The van der Waals surface area contributed by atoms with Crippen molar-refractivity contribution in [3.05, 3.63) is 66.0 Å². The average molecular weight is 387 g/mol. The summed E-state index contributed by atoms with van der Waals surface area (Å²) in [4.78, 5) is 22.5. The number of nitrogens with one attached hydrogen (secondary N) is 2. The largest absolute Gasteiger partial charge is 0.370 e. The van der Waals surface area contributed by atoms with E-state index in [1.54, 1.807) is 12.3 Å². The van der Waals surface area contributed by atoms with E-state index in [0.717, 1.165) is 53.8 Å². The number of nitrogens with zero attached hydrogens (tertiary/aromatic N) is 5. The molecule has 2 N–H and O–H groups in total. The number of pyridine rings is 2. The number of hydrazine groups is 2. The fourth-order valence-corrected chi connectivity index (χ4v) is 4.32. The third-order valence-electron chi connectivity index (χ3n) is 5.99. The lowest BCUT2D eigenvalue weighted by atomic mass is 10.2. The highest BCUT2D eigenvalue weighted by Crippen LogP contribution is 2.46. The quantitative estimate of drug-likeness (QED) is 0.647. The molecule has 5 heterocycles. The maximum atomic E-state index is 11.0. The molecule has 3 aliphatic rings. The summed E-state index contributed by atoms with van der Waals surface area (Å²) >= 11 is 0. The Kier molecular flexibility index (Phi) is 3.60. The van der Waals surface area contributed by atoms with Gasteiger partial charge in [-0.1, -0.05) is 0 Å². The molecule has 0 aromatic carbocycles. The number of piperidine rings is 1. The lowest BCUT2D eigenvalue weighted by Crippen LogP contribution is -2.35. The minimum Gasteiger partial charge on any atom is -0.370 e. The van der Waals surface area contributed by atoms with Crippen LogP contribution in [0.5, 0.6) is 0 Å². The summed E-state index contributed by atoms with van der Waals surface area (Å²) in [6, 6.07) is 5.83. The third kappa shape index (κ3) is 3.01. The molecule has 0 bridgehead atoms. The summed E-state index contributed by atoms with van der Waals surface area (Å²) in [6.45, 7) is 2.91. The number of carbonyl (C=O) groups is 1. The van der Waals surface area contributed by atoms with E-state index in [9.17, 15) is 4.79 Å². The summed E-state index contributed by atoms with van der Waals surface area (Å²) in [6.07, 6.45) is 11.8. The first kappa shape index (κ1) is 16.6. The molecule has 0 spiro atoms. The number of hydrogen-bond donors (Lipinski definition) is 2. The zero-order valence-corrected chi connectivity index (χ0v) is 15.8. The highest BCUT2D eigenvalue weighted by molar-refractivity contribution is 5.75. The van der Waals surface area contributed by atoms with Crippen molar-refractivity contribution in [3.63, 3.8) is 0 Å². The van der Waals surface area contributed by atoms with Crippen LogP contribution in [-0.2, 0) is 6.54 Å². The molecule has 6 rings (SSSR count). The second-order valence-corrected chi connectivity index (χ2v) is 8.08. The molecule has 8 nitrogen and oxygen atoms in total. The zero-order valence-electron chi connectivity index (χ0n) is 15.8. The molecule has 2 fully saturated rings. The molecule has 2 atom stereocenters. The van der Waals surface area contributed by atoms with Crippen molar-refractivity contribution in [2.45, 2.75) is 13.0 Å². The van der Waals surface area contributed by atoms with Crippen LogP contribution in [-0.4, -0.2) is 38.8 Å². The van der Waals surface area contributed by atoms with Gasteiger partial charge in [0.1, 0.15) is 5.65 Å². The van der Waals surface area contributed by atoms with Crippen molar-refractivity contribution in [1.29, 1.82) is 0 Å². The number of aromatic nitrogens is 3. The van der Waals surface area contributed by atoms with Crippen molar-refractivity contribution in [1.82, 2.24) is 30.3 Å². The van der Waals surface area contributed by atoms with Crippen LogP contribution >= 0.6 is 0 Å². The Labute approximate surface area is 167 Å². The Hall–Kier alpha value is -3.39. The molecule has 8 heteroatoms. The Balaban J connectivity index is 1.19. The van der Waals surface area contributed by atoms with Crippen LogP contribution in [0.2, 0.25) is 0 Å². The first-order valence-corrected chi connectivity index (χ1v) is 9.88. The SMILES string of the molecule is O=Cc1ccc2nc(CN3C=C(c4cncc(N5CC6CC6C5)c4)NN3)cn2c1. The van der Waals surface area contributed by atoms with Gasteiger partial charge in [0.05, 0.1) is 29.8 Å². The molecule has 3 aromatic rings. The maximum Gasteiger partial charge on any atom is 0.151 e. The van der Waals surface area contributed by atoms with Gasteiger partial charge in [0.2, 0.25) is 0 Å². The summed E-state index contributed by atoms with van der Waals surface area (Å²) in [5, 5.41) is 1.95. The highest BCUT2D eigenvalue weighted by Gasteiger charge is 2.45. The van der Waals surface area contributed by atoms with E-state index < -0.39 is 0 Å². The molecule has 0 radical (unpaired) electrons. The summed E-state index contributed by atoms with van der Waals surface area (Å²) < 4.78 is 1.88. The number of carbonyl (C=O) groups excluding carboxylic acids is 1. The lowest BCUT2D eigenvalue weighted by Gasteiger charge is -2.20. The van der Waals surface area contributed by atoms with Gasteiger partial charge in [-0.15, -0.1) is 5.53 Å². The van der Waals surface area contributed by atoms with Gasteiger partial charge in [0.15, 0.2) is 6.29 Å². The Bertz CT molecular complexity index is 1130. The van der Waals surface area contributed by atoms with Gasteiger partial charge in [-0.2, -0.15) is 0 Å².